The zero-order chi connectivity index (χ0) is 26.8. The smallest absolute Gasteiger partial charge is 0.342 e. The van der Waals surface area contributed by atoms with Gasteiger partial charge in [-0.25, -0.2) is 4.79 Å². The van der Waals surface area contributed by atoms with Crippen molar-refractivity contribution >= 4 is 23.0 Å². The number of benzene rings is 4. The Labute approximate surface area is 230 Å². The molecule has 0 bridgehead atoms. The topological polar surface area (TPSA) is 50.8 Å². The van der Waals surface area contributed by atoms with Gasteiger partial charge in [-0.3, -0.25) is 0 Å². The fraction of sp³-hybridized carbons (Fsp3) is 0.265. The average molecular weight is 519 g/mol. The minimum atomic E-state index is -1.10. The quantitative estimate of drug-likeness (QED) is 0.225. The van der Waals surface area contributed by atoms with Crippen molar-refractivity contribution in [2.75, 3.05) is 23.3 Å². The Balaban J connectivity index is 1.61. The molecule has 6 rings (SSSR count). The number of nitrogens with one attached hydrogen (secondary N) is 1. The monoisotopic (exact) mass is 518 g/mol. The molecule has 0 unspecified atom stereocenters. The van der Waals surface area contributed by atoms with Gasteiger partial charge in [0.25, 0.3) is 0 Å². The third-order valence-electron chi connectivity index (χ3n) is 7.69. The molecular weight excluding hydrogens is 484 g/mol. The molecule has 5 heteroatoms. The molecule has 5 nitrogen and oxygen atoms in total. The number of hydrogen-bond donors (Lipinski definition) is 1. The molecule has 198 valence electrons. The number of unbranched alkanes of at least 4 members (excludes halogenated alkanes) is 2. The van der Waals surface area contributed by atoms with Crippen LogP contribution in [0.2, 0.25) is 0 Å². The van der Waals surface area contributed by atoms with Gasteiger partial charge >= 0.3 is 5.97 Å². The van der Waals surface area contributed by atoms with Crippen molar-refractivity contribution < 1.29 is 14.3 Å². The summed E-state index contributed by atoms with van der Waals surface area (Å²) in [5.74, 6) is 1.07. The Morgan fingerprint density at radius 2 is 1.33 bits per heavy atom. The Kier molecular flexibility index (Phi) is 6.74. The van der Waals surface area contributed by atoms with Crippen LogP contribution < -0.4 is 15.0 Å². The largest absolute Gasteiger partial charge is 0.456 e. The predicted molar refractivity (Wildman–Crippen MR) is 156 cm³/mol. The van der Waals surface area contributed by atoms with Crippen molar-refractivity contribution in [1.82, 2.24) is 0 Å². The van der Waals surface area contributed by atoms with E-state index in [1.54, 1.807) is 0 Å². The molecule has 2 aliphatic heterocycles. The highest BCUT2D eigenvalue weighted by Crippen LogP contribution is 2.57. The van der Waals surface area contributed by atoms with Gasteiger partial charge in [0.2, 0.25) is 0 Å². The molecule has 0 saturated carbocycles. The normalized spacial score (nSPS) is 14.2. The van der Waals surface area contributed by atoms with E-state index in [1.807, 2.05) is 78.9 Å². The van der Waals surface area contributed by atoms with Crippen LogP contribution in [0, 0.1) is 0 Å². The van der Waals surface area contributed by atoms with E-state index in [0.717, 1.165) is 72.5 Å². The van der Waals surface area contributed by atoms with E-state index >= 15 is 0 Å². The van der Waals surface area contributed by atoms with Crippen molar-refractivity contribution in [3.8, 4) is 11.5 Å². The summed E-state index contributed by atoms with van der Waals surface area (Å²) in [7, 11) is 0. The first-order chi connectivity index (χ1) is 19.2. The highest BCUT2D eigenvalue weighted by atomic mass is 16.6. The number of hydrogen-bond acceptors (Lipinski definition) is 5. The maximum atomic E-state index is 13.9. The molecule has 0 aromatic heterocycles. The third-order valence-corrected chi connectivity index (χ3v) is 7.69. The standard InChI is InChI=1S/C34H34N2O3/c1-3-5-20-36(21-6-4-2)25-22-28-32(29(23-25)35-24-14-8-7-9-15-24)33(37)39-34(28)26-16-10-12-18-30(26)38-31-19-13-11-17-27(31)34/h7-19,22-23,35H,3-6,20-21H2,1-2H3. The maximum absolute atomic E-state index is 13.9. The zero-order valence-corrected chi connectivity index (χ0v) is 22.6. The second kappa shape index (κ2) is 10.5. The molecule has 0 fully saturated rings. The average Bonchev–Trinajstić information content (AvgIpc) is 3.26. The number of anilines is 3. The van der Waals surface area contributed by atoms with Crippen LogP contribution in [-0.4, -0.2) is 19.1 Å². The highest BCUT2D eigenvalue weighted by Gasteiger charge is 2.54. The van der Waals surface area contributed by atoms with E-state index in [0.29, 0.717) is 17.1 Å². The summed E-state index contributed by atoms with van der Waals surface area (Å²) in [4.78, 5) is 16.3. The van der Waals surface area contributed by atoms with Gasteiger partial charge in [0.1, 0.15) is 11.5 Å². The van der Waals surface area contributed by atoms with E-state index in [-0.39, 0.29) is 5.97 Å². The molecule has 2 heterocycles. The number of carbonyl (C=O) groups is 1. The number of fused-ring (bicyclic) bond motifs is 6. The molecular formula is C34H34N2O3. The first kappa shape index (κ1) is 25.1. The number of rotatable bonds is 9. The van der Waals surface area contributed by atoms with Crippen LogP contribution in [0.25, 0.3) is 0 Å². The number of ether oxygens (including phenoxy) is 2. The van der Waals surface area contributed by atoms with Gasteiger partial charge in [0.05, 0.1) is 11.3 Å². The van der Waals surface area contributed by atoms with Crippen LogP contribution in [-0.2, 0) is 10.3 Å². The third kappa shape index (κ3) is 4.32. The van der Waals surface area contributed by atoms with Crippen molar-refractivity contribution in [2.45, 2.75) is 45.1 Å². The SMILES string of the molecule is CCCCN(CCCC)c1cc(Nc2ccccc2)c2c(c1)C1(OC2=O)c2ccccc2Oc2ccccc21. The molecule has 0 saturated heterocycles. The Morgan fingerprint density at radius 3 is 1.95 bits per heavy atom. The zero-order valence-electron chi connectivity index (χ0n) is 22.6. The van der Waals surface area contributed by atoms with Gasteiger partial charge in [0.15, 0.2) is 5.60 Å². The predicted octanol–water partition coefficient (Wildman–Crippen LogP) is 8.40. The molecule has 0 amide bonds. The van der Waals surface area contributed by atoms with E-state index < -0.39 is 5.60 Å². The lowest BCUT2D eigenvalue weighted by atomic mass is 9.77. The summed E-state index contributed by atoms with van der Waals surface area (Å²) in [5, 5.41) is 3.55. The Morgan fingerprint density at radius 1 is 0.744 bits per heavy atom. The van der Waals surface area contributed by atoms with Crippen molar-refractivity contribution in [3.05, 3.63) is 113 Å². The minimum Gasteiger partial charge on any atom is -0.456 e. The molecule has 0 atom stereocenters. The highest BCUT2D eigenvalue weighted by molar-refractivity contribution is 6.04. The van der Waals surface area contributed by atoms with Crippen LogP contribution >= 0.6 is 0 Å². The summed E-state index contributed by atoms with van der Waals surface area (Å²) < 4.78 is 12.8. The van der Waals surface area contributed by atoms with Crippen molar-refractivity contribution in [2.24, 2.45) is 0 Å². The second-order valence-electron chi connectivity index (χ2n) is 10.3. The van der Waals surface area contributed by atoms with Crippen molar-refractivity contribution in [3.63, 3.8) is 0 Å². The Hall–Kier alpha value is -4.25. The van der Waals surface area contributed by atoms with Crippen LogP contribution in [0.1, 0.15) is 66.6 Å². The summed E-state index contributed by atoms with van der Waals surface area (Å²) in [6.45, 7) is 6.36. The number of nitrogens with zero attached hydrogens (tertiary/aromatic N) is 1. The van der Waals surface area contributed by atoms with E-state index in [2.05, 4.69) is 36.2 Å². The first-order valence-corrected chi connectivity index (χ1v) is 14.0. The fourth-order valence-corrected chi connectivity index (χ4v) is 5.75. The number of carbonyl (C=O) groups excluding carboxylic acids is 1. The Bertz CT molecular complexity index is 1440. The summed E-state index contributed by atoms with van der Waals surface area (Å²) in [6, 6.07) is 30.1. The van der Waals surface area contributed by atoms with Crippen molar-refractivity contribution in [1.29, 1.82) is 0 Å². The number of esters is 1. The van der Waals surface area contributed by atoms with Gasteiger partial charge in [-0.15, -0.1) is 0 Å². The molecule has 0 radical (unpaired) electrons. The maximum Gasteiger partial charge on any atom is 0.342 e. The van der Waals surface area contributed by atoms with E-state index in [9.17, 15) is 4.79 Å². The van der Waals surface area contributed by atoms with Gasteiger partial charge in [0, 0.05) is 41.2 Å². The lowest BCUT2D eigenvalue weighted by molar-refractivity contribution is 0.0225. The first-order valence-electron chi connectivity index (χ1n) is 14.0. The fourth-order valence-electron chi connectivity index (χ4n) is 5.75. The molecule has 39 heavy (non-hydrogen) atoms. The van der Waals surface area contributed by atoms with Gasteiger partial charge in [-0.05, 0) is 49.2 Å². The van der Waals surface area contributed by atoms with Gasteiger partial charge in [-0.2, -0.15) is 0 Å². The summed E-state index contributed by atoms with van der Waals surface area (Å²) in [6.07, 6.45) is 4.43. The van der Waals surface area contributed by atoms with Gasteiger partial charge in [-0.1, -0.05) is 81.3 Å². The lowest BCUT2D eigenvalue weighted by Crippen LogP contribution is -2.33. The lowest BCUT2D eigenvalue weighted by Gasteiger charge is -2.37. The number of para-hydroxylation sites is 3. The van der Waals surface area contributed by atoms with Gasteiger partial charge < -0.3 is 19.7 Å². The van der Waals surface area contributed by atoms with Crippen LogP contribution in [0.15, 0.2) is 91.0 Å². The molecule has 0 aliphatic carbocycles. The van der Waals surface area contributed by atoms with Crippen LogP contribution in [0.5, 0.6) is 11.5 Å². The molecule has 2 aliphatic rings. The second-order valence-corrected chi connectivity index (χ2v) is 10.3. The van der Waals surface area contributed by atoms with Crippen LogP contribution in [0.3, 0.4) is 0 Å². The minimum absolute atomic E-state index is 0.338. The summed E-state index contributed by atoms with van der Waals surface area (Å²) in [5.41, 5.74) is 4.78. The molecule has 4 aromatic carbocycles. The van der Waals surface area contributed by atoms with E-state index in [4.69, 9.17) is 9.47 Å². The van der Waals surface area contributed by atoms with Crippen LogP contribution in [0.4, 0.5) is 17.1 Å². The molecule has 4 aromatic rings. The molecule has 1 spiro atoms. The molecule has 1 N–H and O–H groups in total. The van der Waals surface area contributed by atoms with E-state index in [1.165, 1.54) is 0 Å². The summed E-state index contributed by atoms with van der Waals surface area (Å²) >= 11 is 0.